The van der Waals surface area contributed by atoms with E-state index in [2.05, 4.69) is 52.0 Å². The van der Waals surface area contributed by atoms with Crippen molar-refractivity contribution < 1.29 is 0 Å². The molecule has 0 bridgehead atoms. The number of rotatable bonds is 4. The molecule has 0 saturated carbocycles. The molecule has 0 radical (unpaired) electrons. The molecule has 0 aliphatic carbocycles. The van der Waals surface area contributed by atoms with Crippen LogP contribution in [-0.2, 0) is 7.05 Å². The summed E-state index contributed by atoms with van der Waals surface area (Å²) in [6, 6.07) is 0. The minimum absolute atomic E-state index is 0.293. The lowest BCUT2D eigenvalue weighted by Crippen LogP contribution is -2.25. The third-order valence-corrected chi connectivity index (χ3v) is 3.71. The zero-order valence-electron chi connectivity index (χ0n) is 12.8. The van der Waals surface area contributed by atoms with Crippen molar-refractivity contribution in [1.82, 2.24) is 9.78 Å². The topological polar surface area (TPSA) is 55.9 Å². The summed E-state index contributed by atoms with van der Waals surface area (Å²) < 4.78 is 1.85. The van der Waals surface area contributed by atoms with E-state index in [4.69, 9.17) is 5.73 Å². The fourth-order valence-electron chi connectivity index (χ4n) is 1.75. The first kappa shape index (κ1) is 14.9. The van der Waals surface area contributed by atoms with Crippen LogP contribution in [0.4, 0.5) is 11.5 Å². The normalized spacial score (nSPS) is 14.0. The Morgan fingerprint density at radius 1 is 1.28 bits per heavy atom. The number of nitrogens with two attached hydrogens (primary N) is 1. The van der Waals surface area contributed by atoms with Gasteiger partial charge in [-0.25, -0.2) is 0 Å². The highest BCUT2D eigenvalue weighted by molar-refractivity contribution is 5.65. The van der Waals surface area contributed by atoms with Gasteiger partial charge in [0.05, 0.1) is 11.4 Å². The van der Waals surface area contributed by atoms with Gasteiger partial charge < -0.3 is 11.1 Å². The van der Waals surface area contributed by atoms with Crippen LogP contribution in [0.5, 0.6) is 0 Å². The van der Waals surface area contributed by atoms with Crippen LogP contribution in [-0.4, -0.2) is 16.3 Å². The molecule has 0 spiro atoms. The molecule has 0 aliphatic rings. The van der Waals surface area contributed by atoms with E-state index < -0.39 is 0 Å². The lowest BCUT2D eigenvalue weighted by Gasteiger charge is -2.27. The Labute approximate surface area is 111 Å². The van der Waals surface area contributed by atoms with Crippen molar-refractivity contribution in [2.45, 2.75) is 47.5 Å². The summed E-state index contributed by atoms with van der Waals surface area (Å²) in [7, 11) is 1.94. The van der Waals surface area contributed by atoms with Crippen LogP contribution in [0.1, 0.15) is 53.2 Å². The highest BCUT2D eigenvalue weighted by atomic mass is 15.3. The van der Waals surface area contributed by atoms with Gasteiger partial charge in [-0.15, -0.1) is 0 Å². The molecule has 1 aromatic heterocycles. The summed E-state index contributed by atoms with van der Waals surface area (Å²) in [5, 5.41) is 7.92. The lowest BCUT2D eigenvalue weighted by molar-refractivity contribution is 0.274. The van der Waals surface area contributed by atoms with Crippen molar-refractivity contribution >= 4 is 11.5 Å². The molecule has 1 atom stereocenters. The van der Waals surface area contributed by atoms with Gasteiger partial charge in [-0.2, -0.15) is 5.10 Å². The maximum absolute atomic E-state index is 6.15. The number of aryl methyl sites for hydroxylation is 1. The standard InChI is InChI=1S/C14H28N4/c1-9(2)12-11(15)13(18(7)17-12)16-8-10(3)14(4,5)6/h9-10,16H,8,15H2,1-7H3. The van der Waals surface area contributed by atoms with E-state index >= 15 is 0 Å². The van der Waals surface area contributed by atoms with E-state index in [9.17, 15) is 0 Å². The van der Waals surface area contributed by atoms with E-state index in [1.165, 1.54) is 0 Å². The monoisotopic (exact) mass is 252 g/mol. The summed E-state index contributed by atoms with van der Waals surface area (Å²) in [5.74, 6) is 1.86. The number of hydrogen-bond acceptors (Lipinski definition) is 3. The molecule has 1 unspecified atom stereocenters. The van der Waals surface area contributed by atoms with Gasteiger partial charge in [0.2, 0.25) is 0 Å². The van der Waals surface area contributed by atoms with Crippen LogP contribution in [0.2, 0.25) is 0 Å². The van der Waals surface area contributed by atoms with Crippen LogP contribution in [0.3, 0.4) is 0 Å². The minimum atomic E-state index is 0.293. The molecular weight excluding hydrogens is 224 g/mol. The van der Waals surface area contributed by atoms with Crippen LogP contribution < -0.4 is 11.1 Å². The second-order valence-corrected chi connectivity index (χ2v) is 6.57. The fraction of sp³-hybridized carbons (Fsp3) is 0.786. The zero-order chi connectivity index (χ0) is 14.1. The second kappa shape index (κ2) is 5.21. The summed E-state index contributed by atoms with van der Waals surface area (Å²) >= 11 is 0. The predicted molar refractivity (Wildman–Crippen MR) is 78.8 cm³/mol. The second-order valence-electron chi connectivity index (χ2n) is 6.57. The van der Waals surface area contributed by atoms with E-state index in [0.717, 1.165) is 23.7 Å². The maximum atomic E-state index is 6.15. The minimum Gasteiger partial charge on any atom is -0.394 e. The molecule has 1 rings (SSSR count). The van der Waals surface area contributed by atoms with Gasteiger partial charge >= 0.3 is 0 Å². The zero-order valence-corrected chi connectivity index (χ0v) is 12.8. The summed E-state index contributed by atoms with van der Waals surface area (Å²) in [4.78, 5) is 0. The Morgan fingerprint density at radius 3 is 2.22 bits per heavy atom. The molecule has 0 amide bonds. The number of nitrogen functional groups attached to an aromatic ring is 1. The van der Waals surface area contributed by atoms with Gasteiger partial charge in [-0.1, -0.05) is 41.5 Å². The number of anilines is 2. The predicted octanol–water partition coefficient (Wildman–Crippen LogP) is 3.22. The first-order valence-corrected chi connectivity index (χ1v) is 6.70. The molecule has 0 aliphatic heterocycles. The van der Waals surface area contributed by atoms with Crippen molar-refractivity contribution in [3.63, 3.8) is 0 Å². The van der Waals surface area contributed by atoms with Crippen molar-refractivity contribution in [1.29, 1.82) is 0 Å². The van der Waals surface area contributed by atoms with Gasteiger partial charge in [0.25, 0.3) is 0 Å². The first-order chi connectivity index (χ1) is 8.14. The molecule has 0 saturated heterocycles. The van der Waals surface area contributed by atoms with E-state index in [0.29, 0.717) is 17.3 Å². The molecular formula is C14H28N4. The fourth-order valence-corrected chi connectivity index (χ4v) is 1.75. The summed E-state index contributed by atoms with van der Waals surface area (Å²) in [6.07, 6.45) is 0. The average molecular weight is 252 g/mol. The van der Waals surface area contributed by atoms with Crippen molar-refractivity contribution in [3.8, 4) is 0 Å². The largest absolute Gasteiger partial charge is 0.394 e. The van der Waals surface area contributed by atoms with E-state index in [-0.39, 0.29) is 0 Å². The first-order valence-electron chi connectivity index (χ1n) is 6.70. The van der Waals surface area contributed by atoms with Crippen molar-refractivity contribution in [3.05, 3.63) is 5.69 Å². The Morgan fingerprint density at radius 2 is 1.83 bits per heavy atom. The summed E-state index contributed by atoms with van der Waals surface area (Å²) in [6.45, 7) is 14.1. The van der Waals surface area contributed by atoms with Gasteiger partial charge in [-0.05, 0) is 17.3 Å². The summed E-state index contributed by atoms with van der Waals surface area (Å²) in [5.41, 5.74) is 8.21. The molecule has 104 valence electrons. The van der Waals surface area contributed by atoms with Gasteiger partial charge in [0.15, 0.2) is 0 Å². The Kier molecular flexibility index (Phi) is 4.30. The molecule has 1 heterocycles. The Hall–Kier alpha value is -1.19. The lowest BCUT2D eigenvalue weighted by atomic mass is 9.82. The number of nitrogens with zero attached hydrogens (tertiary/aromatic N) is 2. The molecule has 4 heteroatoms. The highest BCUT2D eigenvalue weighted by Crippen LogP contribution is 2.30. The smallest absolute Gasteiger partial charge is 0.147 e. The SMILES string of the molecule is CC(C)c1nn(C)c(NCC(C)C(C)(C)C)c1N. The molecule has 3 N–H and O–H groups in total. The molecule has 0 fully saturated rings. The average Bonchev–Trinajstić information content (AvgIpc) is 2.50. The van der Waals surface area contributed by atoms with Gasteiger partial charge in [-0.3, -0.25) is 4.68 Å². The van der Waals surface area contributed by atoms with Gasteiger partial charge in [0.1, 0.15) is 5.82 Å². The quantitative estimate of drug-likeness (QED) is 0.865. The van der Waals surface area contributed by atoms with Crippen LogP contribution in [0, 0.1) is 11.3 Å². The number of nitrogens with one attached hydrogen (secondary N) is 1. The Balaban J connectivity index is 2.80. The molecule has 0 aromatic carbocycles. The third kappa shape index (κ3) is 3.18. The third-order valence-electron chi connectivity index (χ3n) is 3.71. The highest BCUT2D eigenvalue weighted by Gasteiger charge is 2.21. The van der Waals surface area contributed by atoms with Crippen molar-refractivity contribution in [2.75, 3.05) is 17.6 Å². The maximum Gasteiger partial charge on any atom is 0.147 e. The van der Waals surface area contributed by atoms with Crippen LogP contribution >= 0.6 is 0 Å². The molecule has 4 nitrogen and oxygen atoms in total. The molecule has 18 heavy (non-hydrogen) atoms. The Bertz CT molecular complexity index is 399. The number of aromatic nitrogens is 2. The van der Waals surface area contributed by atoms with Crippen LogP contribution in [0.15, 0.2) is 0 Å². The van der Waals surface area contributed by atoms with Crippen LogP contribution in [0.25, 0.3) is 0 Å². The molecule has 1 aromatic rings. The van der Waals surface area contributed by atoms with Gasteiger partial charge in [0, 0.05) is 13.6 Å². The van der Waals surface area contributed by atoms with E-state index in [1.54, 1.807) is 0 Å². The van der Waals surface area contributed by atoms with E-state index in [1.807, 2.05) is 11.7 Å². The number of hydrogen-bond donors (Lipinski definition) is 2. The van der Waals surface area contributed by atoms with Crippen molar-refractivity contribution in [2.24, 2.45) is 18.4 Å².